The molecule has 1 atom stereocenters. The van der Waals surface area contributed by atoms with Crippen molar-refractivity contribution in [3.63, 3.8) is 0 Å². The van der Waals surface area contributed by atoms with Crippen molar-refractivity contribution in [3.05, 3.63) is 47.3 Å². The van der Waals surface area contributed by atoms with E-state index >= 15 is 0 Å². The van der Waals surface area contributed by atoms with E-state index in [1.165, 1.54) is 12.1 Å². The molecule has 2 N–H and O–H groups in total. The SMILES string of the molecule is CC(C)(C)C(C#N)NC(=O)c1cccc(NS(=O)(=O)c2cccs2)c1. The van der Waals surface area contributed by atoms with E-state index in [0.717, 1.165) is 11.3 Å². The maximum Gasteiger partial charge on any atom is 0.271 e. The van der Waals surface area contributed by atoms with Crippen LogP contribution in [0, 0.1) is 16.7 Å². The van der Waals surface area contributed by atoms with Crippen molar-refractivity contribution in [2.45, 2.75) is 31.0 Å². The zero-order valence-corrected chi connectivity index (χ0v) is 15.7. The number of carbonyl (C=O) groups excluding carboxylic acids is 1. The minimum absolute atomic E-state index is 0.194. The van der Waals surface area contributed by atoms with E-state index in [2.05, 4.69) is 16.1 Å². The number of anilines is 1. The summed E-state index contributed by atoms with van der Waals surface area (Å²) in [5, 5.41) is 13.6. The first-order valence-corrected chi connectivity index (χ1v) is 9.86. The van der Waals surface area contributed by atoms with Crippen LogP contribution in [-0.4, -0.2) is 20.4 Å². The normalized spacial score (nSPS) is 12.9. The highest BCUT2D eigenvalue weighted by atomic mass is 32.2. The van der Waals surface area contributed by atoms with Crippen LogP contribution in [0.5, 0.6) is 0 Å². The number of hydrogen-bond acceptors (Lipinski definition) is 5. The van der Waals surface area contributed by atoms with Crippen LogP contribution >= 0.6 is 11.3 Å². The highest BCUT2D eigenvalue weighted by molar-refractivity contribution is 7.94. The second kappa shape index (κ2) is 7.25. The molecule has 0 aliphatic carbocycles. The quantitative estimate of drug-likeness (QED) is 0.836. The molecule has 6 nitrogen and oxygen atoms in total. The summed E-state index contributed by atoms with van der Waals surface area (Å²) in [5.41, 5.74) is 0.143. The van der Waals surface area contributed by atoms with Gasteiger partial charge in [0.05, 0.1) is 6.07 Å². The Hall–Kier alpha value is -2.37. The Bertz CT molecular complexity index is 892. The molecular formula is C17H19N3O3S2. The number of rotatable bonds is 5. The summed E-state index contributed by atoms with van der Waals surface area (Å²) >= 11 is 1.11. The molecule has 1 aromatic carbocycles. The predicted molar refractivity (Wildman–Crippen MR) is 97.9 cm³/mol. The lowest BCUT2D eigenvalue weighted by Crippen LogP contribution is -2.42. The van der Waals surface area contributed by atoms with Gasteiger partial charge in [-0.25, -0.2) is 8.42 Å². The fourth-order valence-electron chi connectivity index (χ4n) is 2.00. The number of thiophene rings is 1. The second-order valence-corrected chi connectivity index (χ2v) is 9.38. The van der Waals surface area contributed by atoms with Crippen molar-refractivity contribution < 1.29 is 13.2 Å². The van der Waals surface area contributed by atoms with Crippen LogP contribution in [0.15, 0.2) is 46.0 Å². The largest absolute Gasteiger partial charge is 0.336 e. The van der Waals surface area contributed by atoms with Crippen LogP contribution in [-0.2, 0) is 10.0 Å². The molecule has 0 aliphatic heterocycles. The molecule has 0 fully saturated rings. The van der Waals surface area contributed by atoms with Crippen LogP contribution in [0.2, 0.25) is 0 Å². The van der Waals surface area contributed by atoms with E-state index in [4.69, 9.17) is 0 Å². The standard InChI is InChI=1S/C17H19N3O3S2/c1-17(2,3)14(11-18)19-16(21)12-6-4-7-13(10-12)20-25(22,23)15-8-5-9-24-15/h4-10,14,20H,1-3H3,(H,19,21). The van der Waals surface area contributed by atoms with Gasteiger partial charge in [0.25, 0.3) is 15.9 Å². The lowest BCUT2D eigenvalue weighted by atomic mass is 9.87. The monoisotopic (exact) mass is 377 g/mol. The van der Waals surface area contributed by atoms with Gasteiger partial charge in [0.1, 0.15) is 10.3 Å². The molecule has 2 aromatic rings. The topological polar surface area (TPSA) is 99.1 Å². The van der Waals surface area contributed by atoms with Gasteiger partial charge in [0.15, 0.2) is 0 Å². The second-order valence-electron chi connectivity index (χ2n) is 6.52. The first-order chi connectivity index (χ1) is 11.6. The molecule has 0 saturated heterocycles. The Morgan fingerprint density at radius 2 is 1.96 bits per heavy atom. The van der Waals surface area contributed by atoms with Gasteiger partial charge in [-0.05, 0) is 35.1 Å². The summed E-state index contributed by atoms with van der Waals surface area (Å²) in [5.74, 6) is -0.432. The van der Waals surface area contributed by atoms with Gasteiger partial charge in [0, 0.05) is 11.3 Å². The van der Waals surface area contributed by atoms with E-state index in [1.807, 2.05) is 20.8 Å². The summed E-state index contributed by atoms with van der Waals surface area (Å²) < 4.78 is 27.2. The van der Waals surface area contributed by atoms with Gasteiger partial charge >= 0.3 is 0 Å². The predicted octanol–water partition coefficient (Wildman–Crippen LogP) is 3.22. The zero-order valence-electron chi connectivity index (χ0n) is 14.1. The number of carbonyl (C=O) groups is 1. The van der Waals surface area contributed by atoms with Crippen molar-refractivity contribution in [2.75, 3.05) is 4.72 Å². The van der Waals surface area contributed by atoms with Crippen molar-refractivity contribution in [2.24, 2.45) is 5.41 Å². The molecule has 0 saturated carbocycles. The van der Waals surface area contributed by atoms with Crippen LogP contribution in [0.25, 0.3) is 0 Å². The van der Waals surface area contributed by atoms with Gasteiger partial charge in [-0.1, -0.05) is 32.9 Å². The van der Waals surface area contributed by atoms with Gasteiger partial charge < -0.3 is 5.32 Å². The van der Waals surface area contributed by atoms with Crippen LogP contribution in [0.1, 0.15) is 31.1 Å². The highest BCUT2D eigenvalue weighted by Gasteiger charge is 2.26. The third-order valence-electron chi connectivity index (χ3n) is 3.41. The fraction of sp³-hybridized carbons (Fsp3) is 0.294. The summed E-state index contributed by atoms with van der Waals surface area (Å²) in [6, 6.07) is 10.7. The summed E-state index contributed by atoms with van der Waals surface area (Å²) in [7, 11) is -3.68. The maximum atomic E-state index is 12.4. The number of sulfonamides is 1. The molecule has 0 bridgehead atoms. The summed E-state index contributed by atoms with van der Waals surface area (Å²) in [6.07, 6.45) is 0. The van der Waals surface area contributed by atoms with Crippen LogP contribution in [0.4, 0.5) is 5.69 Å². The third kappa shape index (κ3) is 4.81. The number of amides is 1. The number of nitrogens with one attached hydrogen (secondary N) is 2. The Morgan fingerprint density at radius 3 is 2.52 bits per heavy atom. The molecule has 1 heterocycles. The average Bonchev–Trinajstić information content (AvgIpc) is 3.06. The number of hydrogen-bond donors (Lipinski definition) is 2. The molecule has 0 spiro atoms. The Labute approximate surface area is 151 Å². The summed E-state index contributed by atoms with van der Waals surface area (Å²) in [6.45, 7) is 5.56. The van der Waals surface area contributed by atoms with Crippen molar-refractivity contribution in [1.82, 2.24) is 5.32 Å². The molecular weight excluding hydrogens is 358 g/mol. The third-order valence-corrected chi connectivity index (χ3v) is 6.19. The molecule has 1 unspecified atom stereocenters. The smallest absolute Gasteiger partial charge is 0.271 e. The average molecular weight is 377 g/mol. The highest BCUT2D eigenvalue weighted by Crippen LogP contribution is 2.22. The van der Waals surface area contributed by atoms with Crippen molar-refractivity contribution in [3.8, 4) is 6.07 Å². The number of benzene rings is 1. The lowest BCUT2D eigenvalue weighted by Gasteiger charge is -2.25. The molecule has 0 radical (unpaired) electrons. The lowest BCUT2D eigenvalue weighted by molar-refractivity contribution is 0.0922. The van der Waals surface area contributed by atoms with Gasteiger partial charge in [-0.15, -0.1) is 11.3 Å². The zero-order chi connectivity index (χ0) is 18.7. The summed E-state index contributed by atoms with van der Waals surface area (Å²) in [4.78, 5) is 12.4. The van der Waals surface area contributed by atoms with Crippen molar-refractivity contribution in [1.29, 1.82) is 5.26 Å². The molecule has 25 heavy (non-hydrogen) atoms. The minimum Gasteiger partial charge on any atom is -0.336 e. The Kier molecular flexibility index (Phi) is 5.50. The molecule has 1 amide bonds. The number of nitriles is 1. The van der Waals surface area contributed by atoms with E-state index in [9.17, 15) is 18.5 Å². The molecule has 2 rings (SSSR count). The maximum absolute atomic E-state index is 12.4. The Morgan fingerprint density at radius 1 is 1.24 bits per heavy atom. The minimum atomic E-state index is -3.68. The van der Waals surface area contributed by atoms with Gasteiger partial charge in [-0.3, -0.25) is 9.52 Å². The molecule has 132 valence electrons. The van der Waals surface area contributed by atoms with E-state index in [1.54, 1.807) is 29.6 Å². The van der Waals surface area contributed by atoms with Crippen molar-refractivity contribution >= 4 is 33.0 Å². The molecule has 0 aliphatic rings. The van der Waals surface area contributed by atoms with Crippen LogP contribution < -0.4 is 10.0 Å². The van der Waals surface area contributed by atoms with Gasteiger partial charge in [-0.2, -0.15) is 5.26 Å². The first kappa shape index (κ1) is 19.0. The van der Waals surface area contributed by atoms with E-state index in [0.29, 0.717) is 0 Å². The molecule has 8 heteroatoms. The van der Waals surface area contributed by atoms with E-state index in [-0.39, 0.29) is 15.5 Å². The van der Waals surface area contributed by atoms with E-state index < -0.39 is 27.4 Å². The molecule has 1 aromatic heterocycles. The van der Waals surface area contributed by atoms with Crippen LogP contribution in [0.3, 0.4) is 0 Å². The Balaban J connectivity index is 2.19. The first-order valence-electron chi connectivity index (χ1n) is 7.50. The fourth-order valence-corrected chi connectivity index (χ4v) is 4.04. The van der Waals surface area contributed by atoms with Gasteiger partial charge in [0.2, 0.25) is 0 Å². The number of nitrogens with zero attached hydrogens (tertiary/aromatic N) is 1.